The molecule has 1 heterocycles. The Bertz CT molecular complexity index is 755. The molecule has 0 aliphatic carbocycles. The van der Waals surface area contributed by atoms with Crippen LogP contribution in [0.25, 0.3) is 0 Å². The van der Waals surface area contributed by atoms with Crippen molar-refractivity contribution < 1.29 is 9.47 Å². The molecule has 0 N–H and O–H groups in total. The molecule has 0 amide bonds. The molecular formula is C22H28O2. The predicted molar refractivity (Wildman–Crippen MR) is 99.5 cm³/mol. The molecular weight excluding hydrogens is 296 g/mol. The van der Waals surface area contributed by atoms with Crippen LogP contribution in [0, 0.1) is 13.8 Å². The molecule has 0 fully saturated rings. The van der Waals surface area contributed by atoms with Crippen molar-refractivity contribution in [3.05, 3.63) is 58.1 Å². The minimum atomic E-state index is -0.273. The van der Waals surface area contributed by atoms with Gasteiger partial charge in [0.15, 0.2) is 0 Å². The van der Waals surface area contributed by atoms with E-state index in [1.165, 1.54) is 22.3 Å². The Labute approximate surface area is 145 Å². The molecule has 2 aromatic rings. The second-order valence-corrected chi connectivity index (χ2v) is 7.72. The Hall–Kier alpha value is -1.96. The highest BCUT2D eigenvalue weighted by Gasteiger charge is 2.44. The summed E-state index contributed by atoms with van der Waals surface area (Å²) < 4.78 is 12.0. The van der Waals surface area contributed by atoms with E-state index in [4.69, 9.17) is 9.47 Å². The first kappa shape index (κ1) is 16.9. The van der Waals surface area contributed by atoms with Crippen LogP contribution >= 0.6 is 0 Å². The molecule has 2 aromatic carbocycles. The Balaban J connectivity index is 2.15. The van der Waals surface area contributed by atoms with E-state index >= 15 is 0 Å². The molecule has 2 nitrogen and oxygen atoms in total. The summed E-state index contributed by atoms with van der Waals surface area (Å²) in [7, 11) is 1.75. The van der Waals surface area contributed by atoms with E-state index in [2.05, 4.69) is 71.9 Å². The van der Waals surface area contributed by atoms with E-state index in [0.717, 1.165) is 17.1 Å². The number of ether oxygens (including phenoxy) is 2. The largest absolute Gasteiger partial charge is 0.496 e. The van der Waals surface area contributed by atoms with Gasteiger partial charge in [-0.05, 0) is 61.9 Å². The van der Waals surface area contributed by atoms with Crippen molar-refractivity contribution in [2.75, 3.05) is 7.11 Å². The fourth-order valence-electron chi connectivity index (χ4n) is 4.03. The van der Waals surface area contributed by atoms with Gasteiger partial charge in [-0.1, -0.05) is 38.1 Å². The van der Waals surface area contributed by atoms with Gasteiger partial charge in [-0.15, -0.1) is 0 Å². The zero-order valence-electron chi connectivity index (χ0n) is 15.9. The average Bonchev–Trinajstić information content (AvgIpc) is 2.78. The predicted octanol–water partition coefficient (Wildman–Crippen LogP) is 5.74. The minimum absolute atomic E-state index is 0.211. The lowest BCUT2D eigenvalue weighted by molar-refractivity contribution is 0.122. The first-order valence-corrected chi connectivity index (χ1v) is 8.73. The SMILES string of the molecule is COc1c(C)cc2c(c1C)C(c1ccc(C(C)C)cc1)C(C)(C)O2. The van der Waals surface area contributed by atoms with Crippen molar-refractivity contribution in [2.24, 2.45) is 0 Å². The molecule has 128 valence electrons. The summed E-state index contributed by atoms with van der Waals surface area (Å²) in [5, 5.41) is 0. The molecule has 1 aliphatic rings. The Morgan fingerprint density at radius 3 is 2.25 bits per heavy atom. The summed E-state index contributed by atoms with van der Waals surface area (Å²) in [6, 6.07) is 11.1. The van der Waals surface area contributed by atoms with Gasteiger partial charge < -0.3 is 9.47 Å². The van der Waals surface area contributed by atoms with Gasteiger partial charge >= 0.3 is 0 Å². The lowest BCUT2D eigenvalue weighted by Crippen LogP contribution is -2.31. The van der Waals surface area contributed by atoms with Crippen molar-refractivity contribution in [1.82, 2.24) is 0 Å². The number of methoxy groups -OCH3 is 1. The number of aryl methyl sites for hydroxylation is 1. The highest BCUT2D eigenvalue weighted by atomic mass is 16.5. The van der Waals surface area contributed by atoms with Gasteiger partial charge in [0.1, 0.15) is 17.1 Å². The lowest BCUT2D eigenvalue weighted by Gasteiger charge is -2.27. The molecule has 0 aromatic heterocycles. The van der Waals surface area contributed by atoms with Gasteiger partial charge in [0, 0.05) is 5.56 Å². The first-order valence-electron chi connectivity index (χ1n) is 8.73. The van der Waals surface area contributed by atoms with Crippen LogP contribution in [0.5, 0.6) is 11.5 Å². The minimum Gasteiger partial charge on any atom is -0.496 e. The molecule has 1 atom stereocenters. The fourth-order valence-corrected chi connectivity index (χ4v) is 4.03. The summed E-state index contributed by atoms with van der Waals surface area (Å²) in [6.07, 6.45) is 0. The molecule has 24 heavy (non-hydrogen) atoms. The standard InChI is InChI=1S/C22H28O2/c1-13(2)16-8-10-17(11-9-16)20-19-15(4)21(23-7)14(3)12-18(19)24-22(20,5)6/h8-13,20H,1-7H3. The topological polar surface area (TPSA) is 18.5 Å². The average molecular weight is 324 g/mol. The van der Waals surface area contributed by atoms with Crippen LogP contribution in [0.3, 0.4) is 0 Å². The lowest BCUT2D eigenvalue weighted by atomic mass is 9.79. The second-order valence-electron chi connectivity index (χ2n) is 7.72. The van der Waals surface area contributed by atoms with Crippen molar-refractivity contribution in [3.63, 3.8) is 0 Å². The van der Waals surface area contributed by atoms with Crippen LogP contribution < -0.4 is 9.47 Å². The molecule has 2 heteroatoms. The van der Waals surface area contributed by atoms with Crippen LogP contribution in [0.2, 0.25) is 0 Å². The van der Waals surface area contributed by atoms with Crippen molar-refractivity contribution in [3.8, 4) is 11.5 Å². The van der Waals surface area contributed by atoms with Crippen LogP contribution in [0.15, 0.2) is 30.3 Å². The van der Waals surface area contributed by atoms with E-state index < -0.39 is 0 Å². The number of hydrogen-bond donors (Lipinski definition) is 0. The summed E-state index contributed by atoms with van der Waals surface area (Å²) in [4.78, 5) is 0. The van der Waals surface area contributed by atoms with Crippen LogP contribution in [0.4, 0.5) is 0 Å². The zero-order valence-corrected chi connectivity index (χ0v) is 15.9. The van der Waals surface area contributed by atoms with Gasteiger partial charge in [-0.3, -0.25) is 0 Å². The number of rotatable bonds is 3. The Morgan fingerprint density at radius 1 is 1.08 bits per heavy atom. The molecule has 1 aliphatic heterocycles. The quantitative estimate of drug-likeness (QED) is 0.717. The summed E-state index contributed by atoms with van der Waals surface area (Å²) in [5.74, 6) is 2.72. The van der Waals surface area contributed by atoms with Gasteiger partial charge in [0.05, 0.1) is 13.0 Å². The maximum absolute atomic E-state index is 6.34. The highest BCUT2D eigenvalue weighted by molar-refractivity contribution is 5.60. The maximum atomic E-state index is 6.34. The van der Waals surface area contributed by atoms with E-state index in [9.17, 15) is 0 Å². The number of fused-ring (bicyclic) bond motifs is 1. The molecule has 0 radical (unpaired) electrons. The van der Waals surface area contributed by atoms with Gasteiger partial charge in [0.2, 0.25) is 0 Å². The maximum Gasteiger partial charge on any atom is 0.125 e. The molecule has 1 unspecified atom stereocenters. The normalized spacial score (nSPS) is 18.4. The van der Waals surface area contributed by atoms with Crippen molar-refractivity contribution >= 4 is 0 Å². The third-order valence-electron chi connectivity index (χ3n) is 5.21. The molecule has 0 saturated carbocycles. The number of hydrogen-bond acceptors (Lipinski definition) is 2. The first-order chi connectivity index (χ1) is 11.3. The van der Waals surface area contributed by atoms with Crippen molar-refractivity contribution in [1.29, 1.82) is 0 Å². The molecule has 0 saturated heterocycles. The van der Waals surface area contributed by atoms with Gasteiger partial charge in [0.25, 0.3) is 0 Å². The van der Waals surface area contributed by atoms with E-state index in [1.54, 1.807) is 7.11 Å². The molecule has 0 spiro atoms. The third kappa shape index (κ3) is 2.58. The summed E-state index contributed by atoms with van der Waals surface area (Å²) >= 11 is 0. The third-order valence-corrected chi connectivity index (χ3v) is 5.21. The number of benzene rings is 2. The van der Waals surface area contributed by atoms with E-state index in [0.29, 0.717) is 5.92 Å². The Kier molecular flexibility index (Phi) is 4.11. The van der Waals surface area contributed by atoms with Crippen molar-refractivity contribution in [2.45, 2.75) is 59.0 Å². The van der Waals surface area contributed by atoms with Crippen LogP contribution in [-0.2, 0) is 0 Å². The summed E-state index contributed by atoms with van der Waals surface area (Å²) in [6.45, 7) is 13.0. The van der Waals surface area contributed by atoms with Gasteiger partial charge in [-0.2, -0.15) is 0 Å². The van der Waals surface area contributed by atoms with Crippen LogP contribution in [0.1, 0.15) is 67.3 Å². The molecule has 3 rings (SSSR count). The fraction of sp³-hybridized carbons (Fsp3) is 0.455. The van der Waals surface area contributed by atoms with E-state index in [1.807, 2.05) is 0 Å². The smallest absolute Gasteiger partial charge is 0.125 e. The second kappa shape index (κ2) is 5.84. The monoisotopic (exact) mass is 324 g/mol. The zero-order chi connectivity index (χ0) is 17.6. The molecule has 0 bridgehead atoms. The Morgan fingerprint density at radius 2 is 1.71 bits per heavy atom. The summed E-state index contributed by atoms with van der Waals surface area (Å²) in [5.41, 5.74) is 5.98. The van der Waals surface area contributed by atoms with E-state index in [-0.39, 0.29) is 11.5 Å². The van der Waals surface area contributed by atoms with Gasteiger partial charge in [-0.25, -0.2) is 0 Å². The van der Waals surface area contributed by atoms with Crippen LogP contribution in [-0.4, -0.2) is 12.7 Å². The highest BCUT2D eigenvalue weighted by Crippen LogP contribution is 2.52.